The third-order valence-corrected chi connectivity index (χ3v) is 2.69. The van der Waals surface area contributed by atoms with Crippen molar-refractivity contribution in [2.24, 2.45) is 0 Å². The third-order valence-electron chi connectivity index (χ3n) is 2.69. The van der Waals surface area contributed by atoms with Gasteiger partial charge in [0.05, 0.1) is 12.3 Å². The SMILES string of the molecule is CCOc1ccccc1-c1cc(C=O)n(CC)n1. The van der Waals surface area contributed by atoms with Gasteiger partial charge in [-0.25, -0.2) is 0 Å². The molecule has 1 heterocycles. The number of nitrogens with zero attached hydrogens (tertiary/aromatic N) is 2. The monoisotopic (exact) mass is 244 g/mol. The molecular formula is C14H16N2O2. The number of hydrogen-bond donors (Lipinski definition) is 0. The molecule has 0 aliphatic rings. The number of hydrogen-bond acceptors (Lipinski definition) is 3. The molecule has 0 N–H and O–H groups in total. The molecule has 0 amide bonds. The number of para-hydroxylation sites is 1. The van der Waals surface area contributed by atoms with Gasteiger partial charge in [-0.15, -0.1) is 0 Å². The minimum atomic E-state index is 0.582. The zero-order chi connectivity index (χ0) is 13.0. The van der Waals surface area contributed by atoms with E-state index >= 15 is 0 Å². The fourth-order valence-corrected chi connectivity index (χ4v) is 1.87. The van der Waals surface area contributed by atoms with Crippen molar-refractivity contribution < 1.29 is 9.53 Å². The first-order valence-corrected chi connectivity index (χ1v) is 6.05. The molecule has 0 unspecified atom stereocenters. The van der Waals surface area contributed by atoms with Crippen LogP contribution in [0, 0.1) is 0 Å². The van der Waals surface area contributed by atoms with E-state index < -0.39 is 0 Å². The predicted octanol–water partition coefficient (Wildman–Crippen LogP) is 2.78. The van der Waals surface area contributed by atoms with Gasteiger partial charge in [-0.05, 0) is 32.0 Å². The van der Waals surface area contributed by atoms with Crippen LogP contribution in [0.25, 0.3) is 11.3 Å². The van der Waals surface area contributed by atoms with Gasteiger partial charge < -0.3 is 4.74 Å². The van der Waals surface area contributed by atoms with Crippen LogP contribution in [-0.4, -0.2) is 22.7 Å². The summed E-state index contributed by atoms with van der Waals surface area (Å²) in [5, 5.41) is 4.42. The van der Waals surface area contributed by atoms with E-state index in [9.17, 15) is 4.79 Å². The van der Waals surface area contributed by atoms with Gasteiger partial charge >= 0.3 is 0 Å². The molecule has 0 saturated heterocycles. The van der Waals surface area contributed by atoms with E-state index in [2.05, 4.69) is 5.10 Å². The van der Waals surface area contributed by atoms with Gasteiger partial charge in [0.15, 0.2) is 6.29 Å². The lowest BCUT2D eigenvalue weighted by Crippen LogP contribution is -2.01. The maximum absolute atomic E-state index is 10.9. The zero-order valence-electron chi connectivity index (χ0n) is 10.6. The third kappa shape index (κ3) is 2.27. The first-order valence-electron chi connectivity index (χ1n) is 6.05. The second-order valence-electron chi connectivity index (χ2n) is 3.82. The Morgan fingerprint density at radius 1 is 1.33 bits per heavy atom. The number of aldehydes is 1. The normalized spacial score (nSPS) is 10.3. The van der Waals surface area contributed by atoms with Crippen molar-refractivity contribution in [3.05, 3.63) is 36.0 Å². The van der Waals surface area contributed by atoms with Crippen molar-refractivity contribution in [1.82, 2.24) is 9.78 Å². The minimum Gasteiger partial charge on any atom is -0.493 e. The molecule has 2 rings (SSSR count). The summed E-state index contributed by atoms with van der Waals surface area (Å²) in [5.74, 6) is 0.790. The first kappa shape index (κ1) is 12.4. The molecule has 0 fully saturated rings. The van der Waals surface area contributed by atoms with Crippen LogP contribution in [0.2, 0.25) is 0 Å². The van der Waals surface area contributed by atoms with Crippen LogP contribution in [0.4, 0.5) is 0 Å². The van der Waals surface area contributed by atoms with E-state index in [1.54, 1.807) is 10.7 Å². The Labute approximate surface area is 106 Å². The Morgan fingerprint density at radius 2 is 2.11 bits per heavy atom. The molecule has 0 spiro atoms. The number of carbonyl (C=O) groups excluding carboxylic acids is 1. The first-order chi connectivity index (χ1) is 8.80. The Hall–Kier alpha value is -2.10. The molecule has 4 nitrogen and oxygen atoms in total. The molecule has 94 valence electrons. The molecule has 4 heteroatoms. The van der Waals surface area contributed by atoms with Crippen LogP contribution in [-0.2, 0) is 6.54 Å². The summed E-state index contributed by atoms with van der Waals surface area (Å²) in [5.41, 5.74) is 2.26. The molecular weight excluding hydrogens is 228 g/mol. The largest absolute Gasteiger partial charge is 0.493 e. The molecule has 0 aliphatic carbocycles. The zero-order valence-corrected chi connectivity index (χ0v) is 10.6. The minimum absolute atomic E-state index is 0.582. The van der Waals surface area contributed by atoms with Crippen LogP contribution in [0.1, 0.15) is 24.3 Å². The van der Waals surface area contributed by atoms with E-state index in [1.165, 1.54) is 0 Å². The lowest BCUT2D eigenvalue weighted by molar-refractivity contribution is 0.111. The van der Waals surface area contributed by atoms with E-state index in [1.807, 2.05) is 38.1 Å². The maximum Gasteiger partial charge on any atom is 0.168 e. The lowest BCUT2D eigenvalue weighted by atomic mass is 10.1. The summed E-state index contributed by atoms with van der Waals surface area (Å²) >= 11 is 0. The maximum atomic E-state index is 10.9. The molecule has 0 saturated carbocycles. The highest BCUT2D eigenvalue weighted by Crippen LogP contribution is 2.29. The fourth-order valence-electron chi connectivity index (χ4n) is 1.87. The highest BCUT2D eigenvalue weighted by Gasteiger charge is 2.11. The van der Waals surface area contributed by atoms with Crippen molar-refractivity contribution in [1.29, 1.82) is 0 Å². The average molecular weight is 244 g/mol. The molecule has 0 bridgehead atoms. The van der Waals surface area contributed by atoms with Crippen LogP contribution in [0.5, 0.6) is 5.75 Å². The van der Waals surface area contributed by atoms with Gasteiger partial charge in [-0.1, -0.05) is 12.1 Å². The Bertz CT molecular complexity index is 546. The number of aromatic nitrogens is 2. The second kappa shape index (κ2) is 5.49. The van der Waals surface area contributed by atoms with Gasteiger partial charge in [0.1, 0.15) is 11.4 Å². The van der Waals surface area contributed by atoms with Crippen LogP contribution < -0.4 is 4.74 Å². The van der Waals surface area contributed by atoms with E-state index in [-0.39, 0.29) is 0 Å². The van der Waals surface area contributed by atoms with Crippen LogP contribution in [0.3, 0.4) is 0 Å². The summed E-state index contributed by atoms with van der Waals surface area (Å²) in [6.45, 7) is 5.17. The number of ether oxygens (including phenoxy) is 1. The molecule has 1 aromatic carbocycles. The van der Waals surface area contributed by atoms with Crippen molar-refractivity contribution in [3.8, 4) is 17.0 Å². The van der Waals surface area contributed by atoms with Gasteiger partial charge in [0.2, 0.25) is 0 Å². The molecule has 2 aromatic rings. The Morgan fingerprint density at radius 3 is 2.72 bits per heavy atom. The predicted molar refractivity (Wildman–Crippen MR) is 69.9 cm³/mol. The standard InChI is InChI=1S/C14H16N2O2/c1-3-16-11(10-17)9-13(15-16)12-7-5-6-8-14(12)18-4-2/h5-10H,3-4H2,1-2H3. The van der Waals surface area contributed by atoms with Gasteiger partial charge in [-0.2, -0.15) is 5.10 Å². The molecule has 1 aromatic heterocycles. The fraction of sp³-hybridized carbons (Fsp3) is 0.286. The number of aryl methyl sites for hydroxylation is 1. The van der Waals surface area contributed by atoms with Crippen molar-refractivity contribution >= 4 is 6.29 Å². The van der Waals surface area contributed by atoms with Crippen molar-refractivity contribution in [2.75, 3.05) is 6.61 Å². The van der Waals surface area contributed by atoms with Crippen molar-refractivity contribution in [2.45, 2.75) is 20.4 Å². The number of benzene rings is 1. The molecule has 0 atom stereocenters. The van der Waals surface area contributed by atoms with Gasteiger partial charge in [0, 0.05) is 12.1 Å². The quantitative estimate of drug-likeness (QED) is 0.760. The molecule has 18 heavy (non-hydrogen) atoms. The second-order valence-corrected chi connectivity index (χ2v) is 3.82. The summed E-state index contributed by atoms with van der Waals surface area (Å²) in [6, 6.07) is 9.50. The number of carbonyl (C=O) groups is 1. The molecule has 0 radical (unpaired) electrons. The topological polar surface area (TPSA) is 44.1 Å². The molecule has 0 aliphatic heterocycles. The van der Waals surface area contributed by atoms with Gasteiger partial charge in [0.25, 0.3) is 0 Å². The summed E-state index contributed by atoms with van der Waals surface area (Å²) in [7, 11) is 0. The van der Waals surface area contributed by atoms with E-state index in [4.69, 9.17) is 4.74 Å². The van der Waals surface area contributed by atoms with E-state index in [0.717, 1.165) is 23.3 Å². The van der Waals surface area contributed by atoms with Crippen molar-refractivity contribution in [3.63, 3.8) is 0 Å². The summed E-state index contributed by atoms with van der Waals surface area (Å²) in [6.07, 6.45) is 0.823. The average Bonchev–Trinajstić information content (AvgIpc) is 2.83. The Kier molecular flexibility index (Phi) is 3.77. The highest BCUT2D eigenvalue weighted by atomic mass is 16.5. The highest BCUT2D eigenvalue weighted by molar-refractivity contribution is 5.77. The van der Waals surface area contributed by atoms with Crippen LogP contribution in [0.15, 0.2) is 30.3 Å². The Balaban J connectivity index is 2.48. The lowest BCUT2D eigenvalue weighted by Gasteiger charge is -2.07. The van der Waals surface area contributed by atoms with Crippen LogP contribution >= 0.6 is 0 Å². The summed E-state index contributed by atoms with van der Waals surface area (Å²) < 4.78 is 7.26. The number of rotatable bonds is 5. The summed E-state index contributed by atoms with van der Waals surface area (Å²) in [4.78, 5) is 10.9. The van der Waals surface area contributed by atoms with E-state index in [0.29, 0.717) is 18.8 Å². The van der Waals surface area contributed by atoms with Gasteiger partial charge in [-0.3, -0.25) is 9.48 Å². The smallest absolute Gasteiger partial charge is 0.168 e.